The lowest BCUT2D eigenvalue weighted by Crippen LogP contribution is -2.33. The summed E-state index contributed by atoms with van der Waals surface area (Å²) in [5.41, 5.74) is 0.495. The highest BCUT2D eigenvalue weighted by Crippen LogP contribution is 2.33. The minimum absolute atomic E-state index is 0.262. The number of nitrogens with zero attached hydrogens (tertiary/aromatic N) is 1. The molecule has 1 aromatic carbocycles. The van der Waals surface area contributed by atoms with E-state index in [1.54, 1.807) is 12.1 Å². The van der Waals surface area contributed by atoms with E-state index in [0.717, 1.165) is 12.2 Å². The van der Waals surface area contributed by atoms with Crippen LogP contribution in [-0.4, -0.2) is 6.10 Å². The Kier molecular flexibility index (Phi) is 4.14. The Morgan fingerprint density at radius 2 is 2.11 bits per heavy atom. The van der Waals surface area contributed by atoms with Gasteiger partial charge in [0.2, 0.25) is 0 Å². The maximum Gasteiger partial charge on any atom is 0.121 e. The van der Waals surface area contributed by atoms with Gasteiger partial charge in [-0.25, -0.2) is 0 Å². The fraction of sp³-hybridized carbons (Fsp3) is 0.533. The Morgan fingerprint density at radius 3 is 2.78 bits per heavy atom. The fourth-order valence-electron chi connectivity index (χ4n) is 2.53. The summed E-state index contributed by atoms with van der Waals surface area (Å²) in [4.78, 5) is 0. The van der Waals surface area contributed by atoms with Crippen molar-refractivity contribution in [2.45, 2.75) is 39.2 Å². The van der Waals surface area contributed by atoms with Crippen LogP contribution in [0.3, 0.4) is 0 Å². The first-order valence-corrected chi connectivity index (χ1v) is 6.86. The van der Waals surface area contributed by atoms with E-state index in [0.29, 0.717) is 22.4 Å². The van der Waals surface area contributed by atoms with Crippen molar-refractivity contribution in [3.05, 3.63) is 28.8 Å². The highest BCUT2D eigenvalue weighted by atomic mass is 35.5. The van der Waals surface area contributed by atoms with Crippen LogP contribution in [0.15, 0.2) is 18.2 Å². The molecular formula is C15H18ClNO. The van der Waals surface area contributed by atoms with Crippen molar-refractivity contribution in [3.8, 4) is 11.8 Å². The number of ether oxygens (including phenoxy) is 1. The lowest BCUT2D eigenvalue weighted by Gasteiger charge is -2.34. The predicted octanol–water partition coefficient (Wildman–Crippen LogP) is 4.42. The number of hydrogen-bond acceptors (Lipinski definition) is 2. The first kappa shape index (κ1) is 13.2. The molecule has 1 aliphatic rings. The molecule has 1 aliphatic carbocycles. The molecule has 1 fully saturated rings. The van der Waals surface area contributed by atoms with Crippen LogP contribution in [0.5, 0.6) is 5.75 Å². The average Bonchev–Trinajstić information content (AvgIpc) is 2.35. The molecule has 1 aromatic rings. The van der Waals surface area contributed by atoms with Crippen molar-refractivity contribution >= 4 is 11.6 Å². The molecule has 3 atom stereocenters. The zero-order valence-electron chi connectivity index (χ0n) is 10.8. The zero-order valence-corrected chi connectivity index (χ0v) is 11.6. The van der Waals surface area contributed by atoms with Crippen LogP contribution >= 0.6 is 11.6 Å². The highest BCUT2D eigenvalue weighted by Gasteiger charge is 2.28. The van der Waals surface area contributed by atoms with Gasteiger partial charge < -0.3 is 4.74 Å². The van der Waals surface area contributed by atoms with E-state index in [-0.39, 0.29) is 6.10 Å². The molecule has 0 aliphatic heterocycles. The summed E-state index contributed by atoms with van der Waals surface area (Å²) in [5.74, 6) is 2.04. The molecule has 0 aromatic heterocycles. The van der Waals surface area contributed by atoms with Gasteiger partial charge in [0.05, 0.1) is 10.6 Å². The smallest absolute Gasteiger partial charge is 0.121 e. The van der Waals surface area contributed by atoms with Crippen LogP contribution in [0.4, 0.5) is 0 Å². The van der Waals surface area contributed by atoms with Gasteiger partial charge >= 0.3 is 0 Å². The van der Waals surface area contributed by atoms with Gasteiger partial charge in [0.15, 0.2) is 0 Å². The van der Waals surface area contributed by atoms with E-state index in [2.05, 4.69) is 19.9 Å². The normalized spacial score (nSPS) is 27.6. The van der Waals surface area contributed by atoms with Gasteiger partial charge in [0.1, 0.15) is 17.9 Å². The van der Waals surface area contributed by atoms with Gasteiger partial charge in [-0.2, -0.15) is 5.26 Å². The van der Waals surface area contributed by atoms with E-state index in [4.69, 9.17) is 21.6 Å². The Balaban J connectivity index is 2.09. The summed E-state index contributed by atoms with van der Waals surface area (Å²) in [6.07, 6.45) is 3.87. The van der Waals surface area contributed by atoms with Gasteiger partial charge in [-0.05, 0) is 36.8 Å². The Bertz CT molecular complexity index is 466. The highest BCUT2D eigenvalue weighted by molar-refractivity contribution is 6.31. The average molecular weight is 264 g/mol. The van der Waals surface area contributed by atoms with E-state index in [1.807, 2.05) is 6.07 Å². The number of halogens is 1. The van der Waals surface area contributed by atoms with E-state index in [9.17, 15) is 0 Å². The summed E-state index contributed by atoms with van der Waals surface area (Å²) in [6, 6.07) is 7.34. The number of hydrogen-bond donors (Lipinski definition) is 0. The zero-order chi connectivity index (χ0) is 13.1. The Morgan fingerprint density at radius 1 is 1.33 bits per heavy atom. The van der Waals surface area contributed by atoms with Crippen molar-refractivity contribution in [3.63, 3.8) is 0 Å². The fourth-order valence-corrected chi connectivity index (χ4v) is 2.75. The van der Waals surface area contributed by atoms with Gasteiger partial charge in [0, 0.05) is 6.07 Å². The quantitative estimate of drug-likeness (QED) is 0.792. The molecule has 2 rings (SSSR count). The van der Waals surface area contributed by atoms with Crippen molar-refractivity contribution < 1.29 is 4.74 Å². The third-order valence-corrected chi connectivity index (χ3v) is 4.29. The van der Waals surface area contributed by atoms with E-state index >= 15 is 0 Å². The standard InChI is InChI=1S/C15H18ClNO/c1-10-4-3-5-15(11(10)2)18-13-7-6-12(9-17)14(16)8-13/h6-8,10-11,15H,3-5H2,1-2H3. The predicted molar refractivity (Wildman–Crippen MR) is 72.8 cm³/mol. The molecular weight excluding hydrogens is 246 g/mol. The molecule has 0 amide bonds. The molecule has 0 heterocycles. The molecule has 0 N–H and O–H groups in total. The summed E-state index contributed by atoms with van der Waals surface area (Å²) >= 11 is 6.01. The van der Waals surface area contributed by atoms with Crippen LogP contribution in [-0.2, 0) is 0 Å². The Hall–Kier alpha value is -1.20. The number of nitriles is 1. The first-order valence-electron chi connectivity index (χ1n) is 6.48. The molecule has 2 nitrogen and oxygen atoms in total. The van der Waals surface area contributed by atoms with E-state index in [1.165, 1.54) is 12.8 Å². The maximum absolute atomic E-state index is 8.83. The first-order chi connectivity index (χ1) is 8.61. The molecule has 3 unspecified atom stereocenters. The second-order valence-electron chi connectivity index (χ2n) is 5.18. The molecule has 0 spiro atoms. The molecule has 1 saturated carbocycles. The van der Waals surface area contributed by atoms with Crippen LogP contribution in [0.2, 0.25) is 5.02 Å². The van der Waals surface area contributed by atoms with Gasteiger partial charge in [-0.3, -0.25) is 0 Å². The number of rotatable bonds is 2. The van der Waals surface area contributed by atoms with Crippen LogP contribution < -0.4 is 4.74 Å². The third-order valence-electron chi connectivity index (χ3n) is 3.98. The lowest BCUT2D eigenvalue weighted by atomic mass is 9.79. The van der Waals surface area contributed by atoms with Crippen molar-refractivity contribution in [1.82, 2.24) is 0 Å². The van der Waals surface area contributed by atoms with Gasteiger partial charge in [0.25, 0.3) is 0 Å². The van der Waals surface area contributed by atoms with Gasteiger partial charge in [-0.1, -0.05) is 31.9 Å². The van der Waals surface area contributed by atoms with E-state index < -0.39 is 0 Å². The molecule has 18 heavy (non-hydrogen) atoms. The second kappa shape index (κ2) is 5.63. The van der Waals surface area contributed by atoms with Crippen molar-refractivity contribution in [2.24, 2.45) is 11.8 Å². The van der Waals surface area contributed by atoms with Crippen LogP contribution in [0, 0.1) is 23.2 Å². The largest absolute Gasteiger partial charge is 0.490 e. The molecule has 0 saturated heterocycles. The summed E-state index contributed by atoms with van der Waals surface area (Å²) in [5, 5.41) is 9.30. The van der Waals surface area contributed by atoms with Crippen LogP contribution in [0.25, 0.3) is 0 Å². The maximum atomic E-state index is 8.83. The van der Waals surface area contributed by atoms with Gasteiger partial charge in [-0.15, -0.1) is 0 Å². The summed E-state index contributed by atoms with van der Waals surface area (Å²) < 4.78 is 6.02. The van der Waals surface area contributed by atoms with Crippen LogP contribution in [0.1, 0.15) is 38.7 Å². The van der Waals surface area contributed by atoms with Crippen molar-refractivity contribution in [2.75, 3.05) is 0 Å². The summed E-state index contributed by atoms with van der Waals surface area (Å²) in [6.45, 7) is 4.53. The molecule has 3 heteroatoms. The molecule has 96 valence electrons. The number of benzene rings is 1. The third kappa shape index (κ3) is 2.79. The molecule has 0 bridgehead atoms. The SMILES string of the molecule is CC1CCCC(Oc2ccc(C#N)c(Cl)c2)C1C. The second-order valence-corrected chi connectivity index (χ2v) is 5.58. The molecule has 0 radical (unpaired) electrons. The monoisotopic (exact) mass is 263 g/mol. The van der Waals surface area contributed by atoms with Crippen molar-refractivity contribution in [1.29, 1.82) is 5.26 Å². The topological polar surface area (TPSA) is 33.0 Å². The lowest BCUT2D eigenvalue weighted by molar-refractivity contribution is 0.0692. The Labute approximate surface area is 114 Å². The minimum Gasteiger partial charge on any atom is -0.490 e. The minimum atomic E-state index is 0.262. The summed E-state index contributed by atoms with van der Waals surface area (Å²) in [7, 11) is 0.